The van der Waals surface area contributed by atoms with Crippen molar-refractivity contribution in [2.24, 2.45) is 0 Å². The quantitative estimate of drug-likeness (QED) is 0.745. The van der Waals surface area contributed by atoms with E-state index in [4.69, 9.17) is 11.6 Å². The van der Waals surface area contributed by atoms with Crippen molar-refractivity contribution in [1.29, 1.82) is 0 Å². The van der Waals surface area contributed by atoms with Crippen LogP contribution >= 0.6 is 11.6 Å². The van der Waals surface area contributed by atoms with E-state index in [1.807, 2.05) is 12.1 Å². The van der Waals surface area contributed by atoms with Crippen LogP contribution in [0.5, 0.6) is 0 Å². The van der Waals surface area contributed by atoms with E-state index in [9.17, 15) is 0 Å². The van der Waals surface area contributed by atoms with E-state index in [1.165, 1.54) is 43.6 Å². The standard InChI is InChI=1S/C19H26ClN2/c1-19(2)14-17(21-11-6-3-7-12-21)10-13-22(19)15-16-8-4-5-9-18(16)20/h4-5,8-10,13H,3,6-7,11-12,14-15H2,1-2H3/q+1. The lowest BCUT2D eigenvalue weighted by Gasteiger charge is -2.36. The molecule has 2 aliphatic rings. The van der Waals surface area contributed by atoms with E-state index in [-0.39, 0.29) is 5.54 Å². The molecule has 1 saturated heterocycles. The lowest BCUT2D eigenvalue weighted by molar-refractivity contribution is -0.612. The molecule has 0 bridgehead atoms. The number of halogens is 1. The number of allylic oxidation sites excluding steroid dienone is 1. The molecule has 2 nitrogen and oxygen atoms in total. The number of piperidine rings is 1. The third kappa shape index (κ3) is 3.38. The third-order valence-electron chi connectivity index (χ3n) is 4.90. The van der Waals surface area contributed by atoms with Crippen molar-refractivity contribution in [3.8, 4) is 0 Å². The Morgan fingerprint density at radius 2 is 1.86 bits per heavy atom. The highest BCUT2D eigenvalue weighted by atomic mass is 35.5. The second-order valence-electron chi connectivity index (χ2n) is 7.06. The van der Waals surface area contributed by atoms with Gasteiger partial charge in [-0.2, -0.15) is 0 Å². The van der Waals surface area contributed by atoms with Crippen LogP contribution in [-0.2, 0) is 6.54 Å². The van der Waals surface area contributed by atoms with Gasteiger partial charge in [-0.15, -0.1) is 0 Å². The Morgan fingerprint density at radius 3 is 2.55 bits per heavy atom. The first-order valence-corrected chi connectivity index (χ1v) is 8.73. The molecule has 1 fully saturated rings. The number of rotatable bonds is 3. The first kappa shape index (κ1) is 15.6. The maximum Gasteiger partial charge on any atom is 0.170 e. The summed E-state index contributed by atoms with van der Waals surface area (Å²) in [5.41, 5.74) is 2.82. The highest BCUT2D eigenvalue weighted by Gasteiger charge is 2.35. The summed E-state index contributed by atoms with van der Waals surface area (Å²) in [4.78, 5) is 2.58. The lowest BCUT2D eigenvalue weighted by atomic mass is 9.92. The van der Waals surface area contributed by atoms with E-state index in [2.05, 4.69) is 47.7 Å². The maximum atomic E-state index is 6.32. The van der Waals surface area contributed by atoms with Crippen LogP contribution in [0.3, 0.4) is 0 Å². The zero-order chi connectivity index (χ0) is 15.6. The van der Waals surface area contributed by atoms with Gasteiger partial charge in [-0.25, -0.2) is 4.58 Å². The molecule has 2 heterocycles. The van der Waals surface area contributed by atoms with Crippen molar-refractivity contribution in [2.45, 2.75) is 51.6 Å². The van der Waals surface area contributed by atoms with Gasteiger partial charge in [-0.3, -0.25) is 0 Å². The molecule has 0 radical (unpaired) electrons. The zero-order valence-corrected chi connectivity index (χ0v) is 14.4. The third-order valence-corrected chi connectivity index (χ3v) is 5.27. The van der Waals surface area contributed by atoms with E-state index in [1.54, 1.807) is 0 Å². The zero-order valence-electron chi connectivity index (χ0n) is 13.7. The van der Waals surface area contributed by atoms with E-state index in [0.29, 0.717) is 0 Å². The molecule has 0 N–H and O–H groups in total. The van der Waals surface area contributed by atoms with Gasteiger partial charge in [0.05, 0.1) is 11.4 Å². The van der Waals surface area contributed by atoms with Crippen LogP contribution in [0.15, 0.2) is 36.0 Å². The minimum atomic E-state index is 0.126. The highest BCUT2D eigenvalue weighted by Crippen LogP contribution is 2.29. The number of hydrogen-bond donors (Lipinski definition) is 0. The van der Waals surface area contributed by atoms with Crippen molar-refractivity contribution in [3.05, 3.63) is 46.6 Å². The summed E-state index contributed by atoms with van der Waals surface area (Å²) < 4.78 is 2.42. The van der Waals surface area contributed by atoms with E-state index < -0.39 is 0 Å². The molecule has 0 saturated carbocycles. The van der Waals surface area contributed by atoms with Gasteiger partial charge in [0.2, 0.25) is 0 Å². The van der Waals surface area contributed by atoms with Gasteiger partial charge in [0.1, 0.15) is 0 Å². The van der Waals surface area contributed by atoms with Crippen LogP contribution in [-0.4, -0.2) is 34.3 Å². The monoisotopic (exact) mass is 317 g/mol. The minimum Gasteiger partial charge on any atom is -0.374 e. The predicted octanol–water partition coefficient (Wildman–Crippen LogP) is 4.48. The minimum absolute atomic E-state index is 0.126. The van der Waals surface area contributed by atoms with Gasteiger partial charge in [-0.1, -0.05) is 29.8 Å². The van der Waals surface area contributed by atoms with Gasteiger partial charge >= 0.3 is 0 Å². The fourth-order valence-electron chi connectivity index (χ4n) is 3.46. The number of benzene rings is 1. The summed E-state index contributed by atoms with van der Waals surface area (Å²) in [7, 11) is 0. The van der Waals surface area contributed by atoms with Crippen molar-refractivity contribution >= 4 is 17.8 Å². The van der Waals surface area contributed by atoms with Crippen molar-refractivity contribution in [1.82, 2.24) is 4.90 Å². The summed E-state index contributed by atoms with van der Waals surface area (Å²) in [5, 5.41) is 0.859. The first-order chi connectivity index (χ1) is 10.6. The van der Waals surface area contributed by atoms with Crippen molar-refractivity contribution in [2.75, 3.05) is 13.1 Å². The van der Waals surface area contributed by atoms with Gasteiger partial charge < -0.3 is 4.90 Å². The van der Waals surface area contributed by atoms with Gasteiger partial charge in [0.25, 0.3) is 0 Å². The first-order valence-electron chi connectivity index (χ1n) is 8.35. The maximum absolute atomic E-state index is 6.32. The Kier molecular flexibility index (Phi) is 4.58. The normalized spacial score (nSPS) is 21.3. The Bertz CT molecular complexity index is 595. The van der Waals surface area contributed by atoms with Crippen molar-refractivity contribution in [3.63, 3.8) is 0 Å². The fraction of sp³-hybridized carbons (Fsp3) is 0.526. The van der Waals surface area contributed by atoms with Crippen LogP contribution in [0.4, 0.5) is 0 Å². The molecule has 3 heteroatoms. The van der Waals surface area contributed by atoms with Crippen LogP contribution in [0, 0.1) is 0 Å². The summed E-state index contributed by atoms with van der Waals surface area (Å²) in [6.45, 7) is 7.98. The molecule has 118 valence electrons. The largest absolute Gasteiger partial charge is 0.374 e. The topological polar surface area (TPSA) is 6.25 Å². The molecule has 0 unspecified atom stereocenters. The van der Waals surface area contributed by atoms with Crippen LogP contribution < -0.4 is 0 Å². The Balaban J connectivity index is 1.80. The Labute approximate surface area is 139 Å². The molecular weight excluding hydrogens is 292 g/mol. The molecule has 1 aromatic carbocycles. The second kappa shape index (κ2) is 6.45. The van der Waals surface area contributed by atoms with Gasteiger partial charge in [0.15, 0.2) is 18.3 Å². The molecule has 0 aliphatic carbocycles. The van der Waals surface area contributed by atoms with E-state index >= 15 is 0 Å². The average Bonchev–Trinajstić information content (AvgIpc) is 2.52. The molecule has 3 rings (SSSR count). The highest BCUT2D eigenvalue weighted by molar-refractivity contribution is 6.31. The molecule has 0 amide bonds. The Hall–Kier alpha value is -1.28. The molecule has 0 atom stereocenters. The van der Waals surface area contributed by atoms with Crippen LogP contribution in [0.1, 0.15) is 45.1 Å². The second-order valence-corrected chi connectivity index (χ2v) is 7.47. The summed E-state index contributed by atoms with van der Waals surface area (Å²) >= 11 is 6.32. The lowest BCUT2D eigenvalue weighted by Crippen LogP contribution is -2.43. The molecule has 22 heavy (non-hydrogen) atoms. The molecule has 0 aromatic heterocycles. The van der Waals surface area contributed by atoms with Crippen LogP contribution in [0.2, 0.25) is 5.02 Å². The predicted molar refractivity (Wildman–Crippen MR) is 93.7 cm³/mol. The summed E-state index contributed by atoms with van der Waals surface area (Å²) in [6.07, 6.45) is 9.73. The molecule has 1 aromatic rings. The SMILES string of the molecule is CC1(C)CC(N2CCCCC2)=CC=[N+]1Cc1ccccc1Cl. The number of nitrogens with zero attached hydrogens (tertiary/aromatic N) is 2. The molecule has 0 spiro atoms. The van der Waals surface area contributed by atoms with E-state index in [0.717, 1.165) is 18.0 Å². The number of hydrogen-bond acceptors (Lipinski definition) is 1. The summed E-state index contributed by atoms with van der Waals surface area (Å²) in [5.74, 6) is 0. The fourth-order valence-corrected chi connectivity index (χ4v) is 3.65. The molecular formula is C19H26ClN2+. The summed E-state index contributed by atoms with van der Waals surface area (Å²) in [6, 6.07) is 8.15. The van der Waals surface area contributed by atoms with Gasteiger partial charge in [0, 0.05) is 44.3 Å². The Morgan fingerprint density at radius 1 is 1.14 bits per heavy atom. The smallest absolute Gasteiger partial charge is 0.170 e. The number of likely N-dealkylation sites (tertiary alicyclic amines) is 1. The van der Waals surface area contributed by atoms with Crippen molar-refractivity contribution < 1.29 is 4.58 Å². The van der Waals surface area contributed by atoms with Gasteiger partial charge in [-0.05, 0) is 25.3 Å². The molecule has 2 aliphatic heterocycles. The van der Waals surface area contributed by atoms with Crippen LogP contribution in [0.25, 0.3) is 0 Å². The average molecular weight is 318 g/mol.